The molecule has 0 fully saturated rings. The van der Waals surface area contributed by atoms with Gasteiger partial charge < -0.3 is 10.1 Å². The normalized spacial score (nSPS) is 10.6. The number of carbonyl (C=O) groups excluding carboxylic acids is 1. The first-order valence-corrected chi connectivity index (χ1v) is 8.64. The quantitative estimate of drug-likeness (QED) is 0.560. The average molecular weight is 390 g/mol. The number of nitrogens with one attached hydrogen (secondary N) is 1. The molecule has 1 amide bonds. The Morgan fingerprint density at radius 2 is 1.93 bits per heavy atom. The van der Waals surface area contributed by atoms with Crippen LogP contribution in [-0.4, -0.2) is 31.1 Å². The van der Waals surface area contributed by atoms with Crippen LogP contribution >= 0.6 is 0 Å². The van der Waals surface area contributed by atoms with Crippen LogP contribution in [-0.2, 0) is 0 Å². The van der Waals surface area contributed by atoms with Crippen molar-refractivity contribution >= 4 is 11.6 Å². The Kier molecular flexibility index (Phi) is 4.93. The van der Waals surface area contributed by atoms with Gasteiger partial charge in [-0.15, -0.1) is 5.10 Å². The first kappa shape index (κ1) is 18.2. The number of hydrogen-bond donors (Lipinski definition) is 1. The molecule has 0 bridgehead atoms. The van der Waals surface area contributed by atoms with Gasteiger partial charge in [0.15, 0.2) is 5.82 Å². The molecule has 8 nitrogen and oxygen atoms in total. The lowest BCUT2D eigenvalue weighted by atomic mass is 10.2. The molecule has 0 aliphatic rings. The van der Waals surface area contributed by atoms with Crippen LogP contribution in [0.3, 0.4) is 0 Å². The lowest BCUT2D eigenvalue weighted by Crippen LogP contribution is -2.12. The molecule has 0 radical (unpaired) electrons. The van der Waals surface area contributed by atoms with Crippen LogP contribution in [0.5, 0.6) is 11.5 Å². The predicted molar refractivity (Wildman–Crippen MR) is 103 cm³/mol. The molecule has 4 aromatic rings. The number of rotatable bonds is 5. The highest BCUT2D eigenvalue weighted by atomic mass is 19.1. The fraction of sp³-hybridized carbons (Fsp3) is 0.0500. The lowest BCUT2D eigenvalue weighted by Gasteiger charge is -2.10. The van der Waals surface area contributed by atoms with E-state index in [1.165, 1.54) is 22.9 Å². The molecule has 1 N–H and O–H groups in total. The van der Waals surface area contributed by atoms with Crippen LogP contribution in [0.15, 0.2) is 67.0 Å². The van der Waals surface area contributed by atoms with Gasteiger partial charge in [-0.1, -0.05) is 0 Å². The molecule has 0 aliphatic carbocycles. The number of anilines is 1. The maximum Gasteiger partial charge on any atom is 0.255 e. The van der Waals surface area contributed by atoms with E-state index in [0.29, 0.717) is 28.6 Å². The molecule has 0 unspecified atom stereocenters. The Morgan fingerprint density at radius 3 is 2.62 bits per heavy atom. The molecular formula is C20H15FN6O2. The number of nitrogens with zero attached hydrogens (tertiary/aromatic N) is 5. The molecule has 29 heavy (non-hydrogen) atoms. The van der Waals surface area contributed by atoms with Crippen LogP contribution < -0.4 is 10.1 Å². The molecule has 0 atom stereocenters. The van der Waals surface area contributed by atoms with Crippen LogP contribution in [0.25, 0.3) is 5.69 Å². The van der Waals surface area contributed by atoms with E-state index in [1.54, 1.807) is 55.7 Å². The fourth-order valence-electron chi connectivity index (χ4n) is 2.63. The molecule has 2 aromatic carbocycles. The largest absolute Gasteiger partial charge is 0.456 e. The van der Waals surface area contributed by atoms with Crippen molar-refractivity contribution in [3.05, 3.63) is 84.2 Å². The summed E-state index contributed by atoms with van der Waals surface area (Å²) < 4.78 is 21.1. The first-order chi connectivity index (χ1) is 14.1. The second kappa shape index (κ2) is 7.85. The fourth-order valence-corrected chi connectivity index (χ4v) is 2.63. The lowest BCUT2D eigenvalue weighted by molar-refractivity contribution is 0.102. The SMILES string of the molecule is Cc1nnnn1-c1cc(NC(=O)c2ccc(Oc3cccnc3)cc2)ccc1F. The van der Waals surface area contributed by atoms with Gasteiger partial charge in [-0.2, -0.15) is 4.68 Å². The summed E-state index contributed by atoms with van der Waals surface area (Å²) in [6, 6.07) is 14.4. The molecule has 0 aliphatic heterocycles. The van der Waals surface area contributed by atoms with E-state index < -0.39 is 5.82 Å². The number of aromatic nitrogens is 5. The second-order valence-electron chi connectivity index (χ2n) is 6.07. The Balaban J connectivity index is 1.49. The number of benzene rings is 2. The molecule has 2 heterocycles. The van der Waals surface area contributed by atoms with Gasteiger partial charge in [-0.25, -0.2) is 4.39 Å². The van der Waals surface area contributed by atoms with E-state index in [1.807, 2.05) is 0 Å². The van der Waals surface area contributed by atoms with Crippen molar-refractivity contribution in [2.45, 2.75) is 6.92 Å². The molecule has 0 saturated heterocycles. The third-order valence-electron chi connectivity index (χ3n) is 4.04. The zero-order valence-corrected chi connectivity index (χ0v) is 15.3. The summed E-state index contributed by atoms with van der Waals surface area (Å²) in [5.74, 6) is 0.755. The molecule has 2 aromatic heterocycles. The number of halogens is 1. The minimum Gasteiger partial charge on any atom is -0.456 e. The molecule has 144 valence electrons. The summed E-state index contributed by atoms with van der Waals surface area (Å²) in [6.45, 7) is 1.65. The van der Waals surface area contributed by atoms with Gasteiger partial charge in [0.05, 0.1) is 6.20 Å². The number of pyridine rings is 1. The summed E-state index contributed by atoms with van der Waals surface area (Å²) in [5.41, 5.74) is 0.982. The number of carbonyl (C=O) groups is 1. The third kappa shape index (κ3) is 4.08. The van der Waals surface area contributed by atoms with Crippen molar-refractivity contribution in [2.24, 2.45) is 0 Å². The van der Waals surface area contributed by atoms with Gasteiger partial charge in [0.25, 0.3) is 5.91 Å². The number of ether oxygens (including phenoxy) is 1. The number of amides is 1. The van der Waals surface area contributed by atoms with Crippen molar-refractivity contribution in [3.8, 4) is 17.2 Å². The molecule has 9 heteroatoms. The van der Waals surface area contributed by atoms with Crippen molar-refractivity contribution in [3.63, 3.8) is 0 Å². The van der Waals surface area contributed by atoms with Gasteiger partial charge in [0.1, 0.15) is 23.0 Å². The van der Waals surface area contributed by atoms with Crippen LogP contribution in [0.4, 0.5) is 10.1 Å². The summed E-state index contributed by atoms with van der Waals surface area (Å²) >= 11 is 0. The molecule has 4 rings (SSSR count). The minimum atomic E-state index is -0.504. The van der Waals surface area contributed by atoms with Gasteiger partial charge in [-0.05, 0) is 71.9 Å². The topological polar surface area (TPSA) is 94.8 Å². The number of aryl methyl sites for hydroxylation is 1. The van der Waals surface area contributed by atoms with Crippen LogP contribution in [0.2, 0.25) is 0 Å². The second-order valence-corrected chi connectivity index (χ2v) is 6.07. The summed E-state index contributed by atoms with van der Waals surface area (Å²) in [4.78, 5) is 16.5. The molecular weight excluding hydrogens is 375 g/mol. The van der Waals surface area contributed by atoms with Crippen molar-refractivity contribution in [1.82, 2.24) is 25.2 Å². The van der Waals surface area contributed by atoms with E-state index >= 15 is 0 Å². The van der Waals surface area contributed by atoms with Crippen LogP contribution in [0.1, 0.15) is 16.2 Å². The Hall–Kier alpha value is -4.14. The van der Waals surface area contributed by atoms with E-state index in [0.717, 1.165) is 0 Å². The highest BCUT2D eigenvalue weighted by Crippen LogP contribution is 2.22. The average Bonchev–Trinajstić information content (AvgIpc) is 3.16. The first-order valence-electron chi connectivity index (χ1n) is 8.64. The van der Waals surface area contributed by atoms with Gasteiger partial charge in [0.2, 0.25) is 0 Å². The maximum absolute atomic E-state index is 14.1. The van der Waals surface area contributed by atoms with Crippen molar-refractivity contribution < 1.29 is 13.9 Å². The van der Waals surface area contributed by atoms with Gasteiger partial charge in [-0.3, -0.25) is 9.78 Å². The van der Waals surface area contributed by atoms with E-state index in [9.17, 15) is 9.18 Å². The summed E-state index contributed by atoms with van der Waals surface area (Å²) in [7, 11) is 0. The predicted octanol–water partition coefficient (Wildman–Crippen LogP) is 3.55. The highest BCUT2D eigenvalue weighted by Gasteiger charge is 2.13. The third-order valence-corrected chi connectivity index (χ3v) is 4.04. The van der Waals surface area contributed by atoms with Crippen molar-refractivity contribution in [1.29, 1.82) is 0 Å². The Bertz CT molecular complexity index is 1150. The number of tetrazole rings is 1. The minimum absolute atomic E-state index is 0.144. The molecule has 0 saturated carbocycles. The van der Waals surface area contributed by atoms with Crippen LogP contribution in [0, 0.1) is 12.7 Å². The molecule has 0 spiro atoms. The van der Waals surface area contributed by atoms with Crippen molar-refractivity contribution in [2.75, 3.05) is 5.32 Å². The van der Waals surface area contributed by atoms with E-state index in [2.05, 4.69) is 25.8 Å². The monoisotopic (exact) mass is 390 g/mol. The Morgan fingerprint density at radius 1 is 1.10 bits per heavy atom. The smallest absolute Gasteiger partial charge is 0.255 e. The number of hydrogen-bond acceptors (Lipinski definition) is 6. The highest BCUT2D eigenvalue weighted by molar-refractivity contribution is 6.04. The maximum atomic E-state index is 14.1. The summed E-state index contributed by atoms with van der Waals surface area (Å²) in [6.07, 6.45) is 3.25. The zero-order valence-electron chi connectivity index (χ0n) is 15.3. The standard InChI is InChI=1S/C20H15FN6O2/c1-13-24-25-26-27(13)19-11-15(6-9-18(19)21)23-20(28)14-4-7-16(8-5-14)29-17-3-2-10-22-12-17/h2-12H,1H3,(H,23,28). The van der Waals surface area contributed by atoms with E-state index in [4.69, 9.17) is 4.74 Å². The Labute approximate surface area is 165 Å². The van der Waals surface area contributed by atoms with Gasteiger partial charge >= 0.3 is 0 Å². The van der Waals surface area contributed by atoms with E-state index in [-0.39, 0.29) is 11.6 Å². The summed E-state index contributed by atoms with van der Waals surface area (Å²) in [5, 5.41) is 13.7. The zero-order chi connectivity index (χ0) is 20.2. The van der Waals surface area contributed by atoms with Gasteiger partial charge in [0, 0.05) is 17.4 Å².